The quantitative estimate of drug-likeness (QED) is 0.446. The molecule has 0 unspecified atom stereocenters. The Morgan fingerprint density at radius 3 is 2.19 bits per heavy atom. The fourth-order valence-electron chi connectivity index (χ4n) is 3.46. The molecule has 162 valence electrons. The van der Waals surface area contributed by atoms with E-state index in [1.54, 1.807) is 6.07 Å². The van der Waals surface area contributed by atoms with E-state index in [0.29, 0.717) is 24.7 Å². The molecule has 1 N–H and O–H groups in total. The van der Waals surface area contributed by atoms with Crippen molar-refractivity contribution in [3.05, 3.63) is 88.5 Å². The molecule has 3 aromatic carbocycles. The molecule has 0 saturated carbocycles. The number of ether oxygens (including phenoxy) is 2. The van der Waals surface area contributed by atoms with Crippen LogP contribution in [-0.4, -0.2) is 12.5 Å². The summed E-state index contributed by atoms with van der Waals surface area (Å²) in [4.78, 5) is 12.8. The van der Waals surface area contributed by atoms with Crippen LogP contribution >= 0.6 is 0 Å². The molecule has 0 aliphatic heterocycles. The van der Waals surface area contributed by atoms with Gasteiger partial charge < -0.3 is 14.8 Å². The topological polar surface area (TPSA) is 47.6 Å². The van der Waals surface area contributed by atoms with E-state index in [2.05, 4.69) is 25.2 Å². The van der Waals surface area contributed by atoms with Gasteiger partial charge in [0.2, 0.25) is 0 Å². The molecule has 0 fully saturated rings. The zero-order valence-corrected chi connectivity index (χ0v) is 19.0. The lowest BCUT2D eigenvalue weighted by atomic mass is 10.0. The molecule has 0 heterocycles. The number of carbonyl (C=O) groups is 1. The third-order valence-electron chi connectivity index (χ3n) is 5.05. The maximum absolute atomic E-state index is 12.8. The normalized spacial score (nSPS) is 10.8. The highest BCUT2D eigenvalue weighted by molar-refractivity contribution is 6.04. The van der Waals surface area contributed by atoms with E-state index < -0.39 is 0 Å². The molecule has 1 amide bonds. The van der Waals surface area contributed by atoms with Crippen molar-refractivity contribution in [1.29, 1.82) is 0 Å². The van der Waals surface area contributed by atoms with Gasteiger partial charge in [0.15, 0.2) is 0 Å². The van der Waals surface area contributed by atoms with Gasteiger partial charge in [0.1, 0.15) is 18.1 Å². The number of rotatable bonds is 8. The first-order valence-corrected chi connectivity index (χ1v) is 10.7. The van der Waals surface area contributed by atoms with E-state index in [1.807, 2.05) is 69.3 Å². The average Bonchev–Trinajstić information content (AvgIpc) is 2.73. The lowest BCUT2D eigenvalue weighted by Gasteiger charge is -2.14. The summed E-state index contributed by atoms with van der Waals surface area (Å²) in [7, 11) is 0. The first kappa shape index (κ1) is 22.4. The van der Waals surface area contributed by atoms with Crippen LogP contribution in [-0.2, 0) is 6.61 Å². The number of benzene rings is 3. The largest absolute Gasteiger partial charge is 0.493 e. The SMILES string of the molecule is CCOc1ccc(C(=O)Nc2ccc(C(C)C)cc2)cc1COc1cc(C)cc(C)c1. The molecule has 0 aromatic heterocycles. The molecule has 4 heteroatoms. The maximum Gasteiger partial charge on any atom is 0.255 e. The van der Waals surface area contributed by atoms with Crippen molar-refractivity contribution in [2.24, 2.45) is 0 Å². The summed E-state index contributed by atoms with van der Waals surface area (Å²) >= 11 is 0. The van der Waals surface area contributed by atoms with Crippen LogP contribution < -0.4 is 14.8 Å². The van der Waals surface area contributed by atoms with Crippen LogP contribution in [0.4, 0.5) is 5.69 Å². The van der Waals surface area contributed by atoms with Gasteiger partial charge in [0, 0.05) is 16.8 Å². The van der Waals surface area contributed by atoms with E-state index in [1.165, 1.54) is 5.56 Å². The Kier molecular flexibility index (Phi) is 7.35. The summed E-state index contributed by atoms with van der Waals surface area (Å²) in [5.74, 6) is 1.83. The van der Waals surface area contributed by atoms with Crippen LogP contribution in [0.25, 0.3) is 0 Å². The Morgan fingerprint density at radius 2 is 1.58 bits per heavy atom. The van der Waals surface area contributed by atoms with E-state index in [9.17, 15) is 4.79 Å². The number of amides is 1. The van der Waals surface area contributed by atoms with E-state index in [0.717, 1.165) is 33.9 Å². The smallest absolute Gasteiger partial charge is 0.255 e. The molecule has 0 atom stereocenters. The molecule has 0 saturated heterocycles. The highest BCUT2D eigenvalue weighted by atomic mass is 16.5. The van der Waals surface area contributed by atoms with E-state index in [-0.39, 0.29) is 5.91 Å². The van der Waals surface area contributed by atoms with Gasteiger partial charge in [0.25, 0.3) is 5.91 Å². The van der Waals surface area contributed by atoms with Crippen LogP contribution in [0.1, 0.15) is 59.3 Å². The molecular weight excluding hydrogens is 386 g/mol. The average molecular weight is 418 g/mol. The van der Waals surface area contributed by atoms with Crippen molar-refractivity contribution in [3.63, 3.8) is 0 Å². The Labute approximate surface area is 185 Å². The van der Waals surface area contributed by atoms with Crippen LogP contribution in [0, 0.1) is 13.8 Å². The lowest BCUT2D eigenvalue weighted by molar-refractivity contribution is 0.102. The summed E-state index contributed by atoms with van der Waals surface area (Å²) < 4.78 is 11.8. The minimum absolute atomic E-state index is 0.159. The first-order valence-electron chi connectivity index (χ1n) is 10.7. The van der Waals surface area contributed by atoms with Gasteiger partial charge in [0.05, 0.1) is 6.61 Å². The van der Waals surface area contributed by atoms with Gasteiger partial charge in [-0.1, -0.05) is 32.0 Å². The van der Waals surface area contributed by atoms with Crippen molar-refractivity contribution >= 4 is 11.6 Å². The predicted octanol–water partition coefficient (Wildman–Crippen LogP) is 6.66. The van der Waals surface area contributed by atoms with Crippen LogP contribution in [0.15, 0.2) is 60.7 Å². The second kappa shape index (κ2) is 10.2. The zero-order chi connectivity index (χ0) is 22.4. The predicted molar refractivity (Wildman–Crippen MR) is 126 cm³/mol. The van der Waals surface area contributed by atoms with Crippen molar-refractivity contribution in [1.82, 2.24) is 0 Å². The van der Waals surface area contributed by atoms with Crippen molar-refractivity contribution in [3.8, 4) is 11.5 Å². The monoisotopic (exact) mass is 417 g/mol. The first-order chi connectivity index (χ1) is 14.9. The molecule has 0 spiro atoms. The summed E-state index contributed by atoms with van der Waals surface area (Å²) in [6, 6.07) is 19.5. The highest BCUT2D eigenvalue weighted by Crippen LogP contribution is 2.25. The molecule has 4 nitrogen and oxygen atoms in total. The highest BCUT2D eigenvalue weighted by Gasteiger charge is 2.12. The van der Waals surface area contributed by atoms with Gasteiger partial charge in [-0.2, -0.15) is 0 Å². The standard InChI is InChI=1S/C27H31NO3/c1-6-30-26-12-9-22(27(29)28-24-10-7-21(8-11-24)18(2)3)16-23(26)17-31-25-14-19(4)13-20(5)15-25/h7-16,18H,6,17H2,1-5H3,(H,28,29). The Morgan fingerprint density at radius 1 is 0.903 bits per heavy atom. The molecule has 0 bridgehead atoms. The number of hydrogen-bond acceptors (Lipinski definition) is 3. The van der Waals surface area contributed by atoms with Crippen LogP contribution in [0.2, 0.25) is 0 Å². The van der Waals surface area contributed by atoms with Crippen LogP contribution in [0.5, 0.6) is 11.5 Å². The van der Waals surface area contributed by atoms with Crippen molar-refractivity contribution in [2.45, 2.75) is 47.1 Å². The molecular formula is C27H31NO3. The van der Waals surface area contributed by atoms with Gasteiger partial charge in [-0.3, -0.25) is 4.79 Å². The van der Waals surface area contributed by atoms with Gasteiger partial charge in [-0.05, 0) is 85.8 Å². The minimum atomic E-state index is -0.159. The Hall–Kier alpha value is -3.27. The van der Waals surface area contributed by atoms with E-state index >= 15 is 0 Å². The fraction of sp³-hybridized carbons (Fsp3) is 0.296. The molecule has 0 aliphatic rings. The van der Waals surface area contributed by atoms with Gasteiger partial charge in [-0.15, -0.1) is 0 Å². The Balaban J connectivity index is 1.77. The minimum Gasteiger partial charge on any atom is -0.493 e. The number of hydrogen-bond donors (Lipinski definition) is 1. The molecule has 3 rings (SSSR count). The fourth-order valence-corrected chi connectivity index (χ4v) is 3.46. The van der Waals surface area contributed by atoms with E-state index in [4.69, 9.17) is 9.47 Å². The van der Waals surface area contributed by atoms with Gasteiger partial charge >= 0.3 is 0 Å². The van der Waals surface area contributed by atoms with Crippen molar-refractivity contribution < 1.29 is 14.3 Å². The molecule has 31 heavy (non-hydrogen) atoms. The molecule has 0 radical (unpaired) electrons. The lowest BCUT2D eigenvalue weighted by Crippen LogP contribution is -2.13. The molecule has 3 aromatic rings. The third kappa shape index (κ3) is 6.11. The van der Waals surface area contributed by atoms with Crippen LogP contribution in [0.3, 0.4) is 0 Å². The second-order valence-corrected chi connectivity index (χ2v) is 8.10. The summed E-state index contributed by atoms with van der Waals surface area (Å²) in [6.07, 6.45) is 0. The maximum atomic E-state index is 12.8. The number of nitrogens with one attached hydrogen (secondary N) is 1. The van der Waals surface area contributed by atoms with Gasteiger partial charge in [-0.25, -0.2) is 0 Å². The number of anilines is 1. The number of aryl methyl sites for hydroxylation is 2. The Bertz CT molecular complexity index is 1020. The zero-order valence-electron chi connectivity index (χ0n) is 19.0. The summed E-state index contributed by atoms with van der Waals surface area (Å²) in [5.41, 5.74) is 5.72. The summed E-state index contributed by atoms with van der Waals surface area (Å²) in [5, 5.41) is 2.97. The number of carbonyl (C=O) groups excluding carboxylic acids is 1. The van der Waals surface area contributed by atoms with Crippen molar-refractivity contribution in [2.75, 3.05) is 11.9 Å². The molecule has 0 aliphatic carbocycles. The summed E-state index contributed by atoms with van der Waals surface area (Å²) in [6.45, 7) is 11.2. The second-order valence-electron chi connectivity index (χ2n) is 8.10. The third-order valence-corrected chi connectivity index (χ3v) is 5.05.